The van der Waals surface area contributed by atoms with E-state index in [1.165, 1.54) is 27.1 Å². The normalized spacial score (nSPS) is 13.3. The molecule has 0 N–H and O–H groups in total. The van der Waals surface area contributed by atoms with Crippen molar-refractivity contribution < 1.29 is 4.92 Å². The van der Waals surface area contributed by atoms with Crippen molar-refractivity contribution in [3.8, 4) is 11.1 Å². The Kier molecular flexibility index (Phi) is 5.07. The van der Waals surface area contributed by atoms with Gasteiger partial charge in [0.15, 0.2) is 0 Å². The first-order valence-electron chi connectivity index (χ1n) is 13.1. The van der Waals surface area contributed by atoms with Gasteiger partial charge in [-0.2, -0.15) is 0 Å². The second-order valence-electron chi connectivity index (χ2n) is 10.7. The molecule has 7 rings (SSSR count). The third-order valence-electron chi connectivity index (χ3n) is 8.13. The summed E-state index contributed by atoms with van der Waals surface area (Å²) in [5, 5.41) is 16.3. The van der Waals surface area contributed by atoms with Crippen molar-refractivity contribution in [2.75, 3.05) is 4.90 Å². The molecular formula is C35H26N2O2. The van der Waals surface area contributed by atoms with E-state index in [1.54, 1.807) is 12.1 Å². The maximum Gasteiger partial charge on any atom is 0.269 e. The summed E-state index contributed by atoms with van der Waals surface area (Å²) < 4.78 is 0. The topological polar surface area (TPSA) is 46.4 Å². The van der Waals surface area contributed by atoms with Crippen LogP contribution in [0.4, 0.5) is 22.7 Å². The van der Waals surface area contributed by atoms with E-state index in [0.717, 1.165) is 33.8 Å². The van der Waals surface area contributed by atoms with E-state index in [4.69, 9.17) is 0 Å². The highest BCUT2D eigenvalue weighted by atomic mass is 16.6. The number of nitrogens with zero attached hydrogens (tertiary/aromatic N) is 2. The number of fused-ring (bicyclic) bond motifs is 5. The monoisotopic (exact) mass is 506 g/mol. The van der Waals surface area contributed by atoms with Crippen molar-refractivity contribution in [3.63, 3.8) is 0 Å². The Hall–Kier alpha value is -4.96. The van der Waals surface area contributed by atoms with Crippen molar-refractivity contribution in [3.05, 3.63) is 143 Å². The van der Waals surface area contributed by atoms with Gasteiger partial charge in [0.1, 0.15) is 0 Å². The molecule has 0 saturated carbocycles. The zero-order chi connectivity index (χ0) is 26.7. The molecule has 0 spiro atoms. The Morgan fingerprint density at radius 3 is 1.72 bits per heavy atom. The number of nitro benzene ring substituents is 1. The van der Waals surface area contributed by atoms with Gasteiger partial charge in [0.2, 0.25) is 0 Å². The summed E-state index contributed by atoms with van der Waals surface area (Å²) in [6.45, 7) is 4.32. The fourth-order valence-electron chi connectivity index (χ4n) is 6.18. The zero-order valence-corrected chi connectivity index (χ0v) is 21.8. The summed E-state index contributed by atoms with van der Waals surface area (Å²) >= 11 is 0. The molecule has 0 atom stereocenters. The van der Waals surface area contributed by atoms with Gasteiger partial charge in [-0.1, -0.05) is 92.7 Å². The first-order valence-corrected chi connectivity index (χ1v) is 13.1. The minimum absolute atomic E-state index is 0.128. The van der Waals surface area contributed by atoms with E-state index in [9.17, 15) is 10.1 Å². The fraction of sp³-hybridized carbons (Fsp3) is 0.0857. The first kappa shape index (κ1) is 23.2. The summed E-state index contributed by atoms with van der Waals surface area (Å²) in [6.07, 6.45) is 0. The fourth-order valence-corrected chi connectivity index (χ4v) is 6.18. The Labute approximate surface area is 226 Å². The van der Waals surface area contributed by atoms with Crippen LogP contribution < -0.4 is 4.90 Å². The Balaban J connectivity index is 1.49. The number of nitro groups is 1. The van der Waals surface area contributed by atoms with Gasteiger partial charge < -0.3 is 4.90 Å². The number of hydrogen-bond donors (Lipinski definition) is 0. The lowest BCUT2D eigenvalue weighted by molar-refractivity contribution is -0.384. The lowest BCUT2D eigenvalue weighted by atomic mass is 9.82. The van der Waals surface area contributed by atoms with E-state index in [1.807, 2.05) is 6.07 Å². The summed E-state index contributed by atoms with van der Waals surface area (Å²) in [4.78, 5) is 13.6. The van der Waals surface area contributed by atoms with E-state index < -0.39 is 0 Å². The molecule has 6 aromatic rings. The summed E-state index contributed by atoms with van der Waals surface area (Å²) in [5.41, 5.74) is 7.36. The number of benzene rings is 6. The molecule has 0 aromatic heterocycles. The lowest BCUT2D eigenvalue weighted by Gasteiger charge is -2.30. The average Bonchev–Trinajstić information content (AvgIpc) is 3.19. The molecule has 0 aliphatic heterocycles. The van der Waals surface area contributed by atoms with Crippen LogP contribution in [0.25, 0.3) is 32.7 Å². The molecule has 0 saturated heterocycles. The maximum atomic E-state index is 11.6. The van der Waals surface area contributed by atoms with E-state index in [0.29, 0.717) is 0 Å². The third-order valence-corrected chi connectivity index (χ3v) is 8.13. The van der Waals surface area contributed by atoms with Crippen LogP contribution in [0.1, 0.15) is 25.0 Å². The van der Waals surface area contributed by atoms with E-state index in [-0.39, 0.29) is 16.0 Å². The molecule has 1 aliphatic carbocycles. The smallest absolute Gasteiger partial charge is 0.269 e. The molecule has 4 heteroatoms. The van der Waals surface area contributed by atoms with Crippen LogP contribution in [0.5, 0.6) is 0 Å². The van der Waals surface area contributed by atoms with Crippen molar-refractivity contribution in [2.24, 2.45) is 0 Å². The first-order chi connectivity index (χ1) is 18.9. The Morgan fingerprint density at radius 1 is 0.615 bits per heavy atom. The lowest BCUT2D eigenvalue weighted by Crippen LogP contribution is -2.17. The van der Waals surface area contributed by atoms with Gasteiger partial charge in [-0.05, 0) is 63.4 Å². The number of non-ortho nitro benzene ring substituents is 1. The number of anilines is 3. The van der Waals surface area contributed by atoms with Gasteiger partial charge in [-0.25, -0.2) is 0 Å². The third kappa shape index (κ3) is 3.52. The van der Waals surface area contributed by atoms with Crippen LogP contribution in [-0.4, -0.2) is 4.92 Å². The molecule has 0 radical (unpaired) electrons. The second-order valence-corrected chi connectivity index (χ2v) is 10.7. The van der Waals surface area contributed by atoms with Crippen molar-refractivity contribution in [1.29, 1.82) is 0 Å². The number of hydrogen-bond acceptors (Lipinski definition) is 3. The SMILES string of the molecule is CC1(C)c2cc(N(c3cccc4ccccc34)c3cccc4ccccc34)ccc2-c2ccc([N+](=O)[O-])cc21. The predicted molar refractivity (Wildman–Crippen MR) is 160 cm³/mol. The Morgan fingerprint density at radius 2 is 1.13 bits per heavy atom. The highest BCUT2D eigenvalue weighted by Gasteiger charge is 2.37. The quantitative estimate of drug-likeness (QED) is 0.177. The molecule has 0 heterocycles. The second kappa shape index (κ2) is 8.53. The van der Waals surface area contributed by atoms with Crippen molar-refractivity contribution in [1.82, 2.24) is 0 Å². The van der Waals surface area contributed by atoms with Crippen LogP contribution in [0.3, 0.4) is 0 Å². The van der Waals surface area contributed by atoms with Gasteiger partial charge in [0.05, 0.1) is 16.3 Å². The zero-order valence-electron chi connectivity index (χ0n) is 21.8. The largest absolute Gasteiger partial charge is 0.309 e. The van der Waals surface area contributed by atoms with Gasteiger partial charge >= 0.3 is 0 Å². The van der Waals surface area contributed by atoms with Crippen LogP contribution in [0.15, 0.2) is 121 Å². The standard InChI is InChI=1S/C35H26N2O2/c1-35(2)31-21-25(17-19-29(31)30-20-18-26(37(38)39)22-32(30)35)36(33-15-7-11-23-9-3-5-13-27(23)33)34-16-8-12-24-10-4-6-14-28(24)34/h3-22H,1-2H3. The van der Waals surface area contributed by atoms with Crippen molar-refractivity contribution >= 4 is 44.3 Å². The van der Waals surface area contributed by atoms with Crippen LogP contribution in [-0.2, 0) is 5.41 Å². The molecular weight excluding hydrogens is 480 g/mol. The molecule has 4 nitrogen and oxygen atoms in total. The molecule has 0 bridgehead atoms. The van der Waals surface area contributed by atoms with Gasteiger partial charge in [-0.15, -0.1) is 0 Å². The maximum absolute atomic E-state index is 11.6. The molecule has 0 fully saturated rings. The summed E-state index contributed by atoms with van der Waals surface area (Å²) in [5.74, 6) is 0. The van der Waals surface area contributed by atoms with Crippen LogP contribution >= 0.6 is 0 Å². The molecule has 0 amide bonds. The summed E-state index contributed by atoms with van der Waals surface area (Å²) in [7, 11) is 0. The molecule has 1 aliphatic rings. The minimum atomic E-state index is -0.379. The van der Waals surface area contributed by atoms with Crippen LogP contribution in [0.2, 0.25) is 0 Å². The minimum Gasteiger partial charge on any atom is -0.309 e. The van der Waals surface area contributed by atoms with Crippen molar-refractivity contribution in [2.45, 2.75) is 19.3 Å². The Bertz CT molecular complexity index is 1850. The van der Waals surface area contributed by atoms with Gasteiger partial charge in [-0.3, -0.25) is 10.1 Å². The average molecular weight is 507 g/mol. The molecule has 188 valence electrons. The predicted octanol–water partition coefficient (Wildman–Crippen LogP) is 9.68. The molecule has 6 aromatic carbocycles. The van der Waals surface area contributed by atoms with Gasteiger partial charge in [0, 0.05) is 34.0 Å². The van der Waals surface area contributed by atoms with E-state index >= 15 is 0 Å². The highest BCUT2D eigenvalue weighted by molar-refractivity contribution is 6.05. The highest BCUT2D eigenvalue weighted by Crippen LogP contribution is 2.52. The molecule has 39 heavy (non-hydrogen) atoms. The van der Waals surface area contributed by atoms with Crippen LogP contribution in [0, 0.1) is 10.1 Å². The number of rotatable bonds is 4. The van der Waals surface area contributed by atoms with Gasteiger partial charge in [0.25, 0.3) is 5.69 Å². The van der Waals surface area contributed by atoms with E-state index in [2.05, 4.69) is 122 Å². The molecule has 0 unspecified atom stereocenters. The summed E-state index contributed by atoms with van der Waals surface area (Å²) in [6, 6.07) is 41.7.